The van der Waals surface area contributed by atoms with Crippen molar-refractivity contribution in [2.24, 2.45) is 0 Å². The summed E-state index contributed by atoms with van der Waals surface area (Å²) in [6.45, 7) is 1.05. The van der Waals surface area contributed by atoms with Crippen LogP contribution in [-0.4, -0.2) is 45.7 Å². The predicted molar refractivity (Wildman–Crippen MR) is 123 cm³/mol. The Morgan fingerprint density at radius 2 is 2.03 bits per heavy atom. The van der Waals surface area contributed by atoms with E-state index in [9.17, 15) is 9.59 Å². The topological polar surface area (TPSA) is 67.9 Å². The van der Waals surface area contributed by atoms with E-state index in [-0.39, 0.29) is 18.4 Å². The highest BCUT2D eigenvalue weighted by molar-refractivity contribution is 9.10. The molecular weight excluding hydrogens is 468 g/mol. The molecule has 1 aliphatic rings. The maximum Gasteiger partial charge on any atom is 0.265 e. The van der Waals surface area contributed by atoms with E-state index in [1.165, 1.54) is 16.7 Å². The first-order valence-electron chi connectivity index (χ1n) is 9.43. The van der Waals surface area contributed by atoms with Gasteiger partial charge in [-0.15, -0.1) is 0 Å². The third kappa shape index (κ3) is 5.44. The van der Waals surface area contributed by atoms with Gasteiger partial charge in [-0.3, -0.25) is 14.5 Å². The molecular formula is C22H23BrN2O4S. The monoisotopic (exact) mass is 490 g/mol. The van der Waals surface area contributed by atoms with Crippen molar-refractivity contribution in [2.45, 2.75) is 11.3 Å². The second-order valence-electron chi connectivity index (χ2n) is 6.56. The average molecular weight is 491 g/mol. The van der Waals surface area contributed by atoms with Gasteiger partial charge in [-0.05, 0) is 58.3 Å². The fourth-order valence-electron chi connectivity index (χ4n) is 2.99. The van der Waals surface area contributed by atoms with Gasteiger partial charge >= 0.3 is 0 Å². The zero-order valence-electron chi connectivity index (χ0n) is 16.8. The minimum atomic E-state index is -0.201. The summed E-state index contributed by atoms with van der Waals surface area (Å²) in [4.78, 5) is 28.6. The molecule has 2 aromatic rings. The van der Waals surface area contributed by atoms with Crippen LogP contribution in [0, 0.1) is 0 Å². The fourth-order valence-corrected chi connectivity index (χ4v) is 4.60. The van der Waals surface area contributed by atoms with Crippen LogP contribution in [0.1, 0.15) is 12.0 Å². The van der Waals surface area contributed by atoms with Crippen LogP contribution in [0.15, 0.2) is 56.7 Å². The molecule has 0 bridgehead atoms. The summed E-state index contributed by atoms with van der Waals surface area (Å²) in [5, 5.41) is 2.84. The van der Waals surface area contributed by atoms with E-state index < -0.39 is 0 Å². The summed E-state index contributed by atoms with van der Waals surface area (Å²) in [6, 6.07) is 13.2. The highest BCUT2D eigenvalue weighted by atomic mass is 79.9. The number of benzene rings is 2. The van der Waals surface area contributed by atoms with Gasteiger partial charge in [0.1, 0.15) is 12.3 Å². The zero-order valence-corrected chi connectivity index (χ0v) is 19.2. The molecule has 0 saturated carbocycles. The van der Waals surface area contributed by atoms with Gasteiger partial charge in [-0.1, -0.05) is 30.0 Å². The first-order valence-corrected chi connectivity index (χ1v) is 11.0. The molecule has 0 aromatic heterocycles. The number of hydrogen-bond acceptors (Lipinski definition) is 5. The molecule has 0 atom stereocenters. The second kappa shape index (κ2) is 10.7. The Morgan fingerprint density at radius 1 is 1.23 bits per heavy atom. The van der Waals surface area contributed by atoms with Gasteiger partial charge in [0.05, 0.1) is 22.2 Å². The number of hydrogen-bond donors (Lipinski definition) is 1. The number of anilines is 1. The predicted octanol–water partition coefficient (Wildman–Crippen LogP) is 4.09. The van der Waals surface area contributed by atoms with E-state index in [4.69, 9.17) is 9.47 Å². The van der Waals surface area contributed by atoms with Gasteiger partial charge in [-0.25, -0.2) is 0 Å². The standard InChI is InChI=1S/C22H23BrN2O4S/c1-28-11-5-10-24-21(26)14-25-17-6-3-4-7-19(17)30-20(22(25)27)13-15-8-9-18(29-2)16(23)12-15/h3-4,6-9,12-13H,5,10-11,14H2,1-2H3,(H,24,26). The van der Waals surface area contributed by atoms with Crippen LogP contribution < -0.4 is 15.0 Å². The lowest BCUT2D eigenvalue weighted by molar-refractivity contribution is -0.122. The van der Waals surface area contributed by atoms with Crippen molar-refractivity contribution in [3.05, 3.63) is 57.4 Å². The molecule has 0 aliphatic carbocycles. The Balaban J connectivity index is 1.83. The molecule has 8 heteroatoms. The molecule has 1 N–H and O–H groups in total. The lowest BCUT2D eigenvalue weighted by atomic mass is 10.2. The number of rotatable bonds is 8. The van der Waals surface area contributed by atoms with Crippen LogP contribution >= 0.6 is 27.7 Å². The summed E-state index contributed by atoms with van der Waals surface area (Å²) in [5.74, 6) is 0.322. The van der Waals surface area contributed by atoms with E-state index >= 15 is 0 Å². The molecule has 1 heterocycles. The SMILES string of the molecule is COCCCNC(=O)CN1C(=O)C(=Cc2ccc(OC)c(Br)c2)Sc2ccccc21. The highest BCUT2D eigenvalue weighted by Gasteiger charge is 2.30. The molecule has 3 rings (SSSR count). The third-order valence-electron chi connectivity index (χ3n) is 4.45. The Bertz CT molecular complexity index is 964. The zero-order chi connectivity index (χ0) is 21.5. The summed E-state index contributed by atoms with van der Waals surface area (Å²) in [6.07, 6.45) is 2.55. The minimum Gasteiger partial charge on any atom is -0.496 e. The molecule has 1 aliphatic heterocycles. The summed E-state index contributed by atoms with van der Waals surface area (Å²) < 4.78 is 11.1. The summed E-state index contributed by atoms with van der Waals surface area (Å²) in [5.41, 5.74) is 1.61. The van der Waals surface area contributed by atoms with Crippen LogP contribution in [-0.2, 0) is 14.3 Å². The van der Waals surface area contributed by atoms with Crippen molar-refractivity contribution < 1.29 is 19.1 Å². The number of amides is 2. The first-order chi connectivity index (χ1) is 14.5. The number of para-hydroxylation sites is 1. The molecule has 30 heavy (non-hydrogen) atoms. The van der Waals surface area contributed by atoms with Crippen molar-refractivity contribution in [2.75, 3.05) is 38.8 Å². The van der Waals surface area contributed by atoms with Crippen molar-refractivity contribution in [3.63, 3.8) is 0 Å². The lowest BCUT2D eigenvalue weighted by Gasteiger charge is -2.29. The highest BCUT2D eigenvalue weighted by Crippen LogP contribution is 2.42. The number of halogens is 1. The lowest BCUT2D eigenvalue weighted by Crippen LogP contribution is -2.43. The molecule has 2 aromatic carbocycles. The van der Waals surface area contributed by atoms with Crippen molar-refractivity contribution in [3.8, 4) is 5.75 Å². The summed E-state index contributed by atoms with van der Waals surface area (Å²) >= 11 is 4.88. The van der Waals surface area contributed by atoms with Gasteiger partial charge in [0.15, 0.2) is 0 Å². The Morgan fingerprint density at radius 3 is 2.77 bits per heavy atom. The van der Waals surface area contributed by atoms with E-state index in [1.54, 1.807) is 14.2 Å². The number of methoxy groups -OCH3 is 2. The maximum absolute atomic E-state index is 13.2. The number of ether oxygens (including phenoxy) is 2. The fraction of sp³-hybridized carbons (Fsp3) is 0.273. The smallest absolute Gasteiger partial charge is 0.265 e. The molecule has 0 saturated heterocycles. The Kier molecular flexibility index (Phi) is 7.95. The van der Waals surface area contributed by atoms with Crippen molar-refractivity contribution in [1.29, 1.82) is 0 Å². The average Bonchev–Trinajstić information content (AvgIpc) is 2.74. The van der Waals surface area contributed by atoms with E-state index in [2.05, 4.69) is 21.2 Å². The molecule has 2 amide bonds. The largest absolute Gasteiger partial charge is 0.496 e. The number of nitrogens with one attached hydrogen (secondary N) is 1. The first kappa shape index (κ1) is 22.4. The number of fused-ring (bicyclic) bond motifs is 1. The molecule has 158 valence electrons. The molecule has 6 nitrogen and oxygen atoms in total. The van der Waals surface area contributed by atoms with E-state index in [0.717, 1.165) is 32.8 Å². The number of nitrogens with zero attached hydrogens (tertiary/aromatic N) is 1. The molecule has 0 radical (unpaired) electrons. The number of carbonyl (C=O) groups is 2. The molecule has 0 unspecified atom stereocenters. The Hall–Kier alpha value is -2.29. The van der Waals surface area contributed by atoms with Crippen LogP contribution in [0.3, 0.4) is 0 Å². The van der Waals surface area contributed by atoms with Crippen molar-refractivity contribution >= 4 is 51.3 Å². The maximum atomic E-state index is 13.2. The van der Waals surface area contributed by atoms with Crippen LogP contribution in [0.4, 0.5) is 5.69 Å². The van der Waals surface area contributed by atoms with Crippen LogP contribution in [0.25, 0.3) is 6.08 Å². The normalized spacial score (nSPS) is 14.6. The molecule has 0 spiro atoms. The van der Waals surface area contributed by atoms with Crippen molar-refractivity contribution in [1.82, 2.24) is 5.32 Å². The minimum absolute atomic E-state index is 0.0347. The van der Waals surface area contributed by atoms with Gasteiger partial charge in [-0.2, -0.15) is 0 Å². The number of thioether (sulfide) groups is 1. The van der Waals surface area contributed by atoms with Gasteiger partial charge < -0.3 is 14.8 Å². The molecule has 0 fully saturated rings. The van der Waals surface area contributed by atoms with E-state index in [0.29, 0.717) is 18.1 Å². The number of carbonyl (C=O) groups excluding carboxylic acids is 2. The Labute approximate surface area is 188 Å². The third-order valence-corrected chi connectivity index (χ3v) is 6.15. The quantitative estimate of drug-likeness (QED) is 0.445. The van der Waals surface area contributed by atoms with Gasteiger partial charge in [0.25, 0.3) is 5.91 Å². The summed E-state index contributed by atoms with van der Waals surface area (Å²) in [7, 11) is 3.23. The van der Waals surface area contributed by atoms with Crippen LogP contribution in [0.2, 0.25) is 0 Å². The van der Waals surface area contributed by atoms with E-state index in [1.807, 2.05) is 48.5 Å². The van der Waals surface area contributed by atoms with Gasteiger partial charge in [0, 0.05) is 25.2 Å². The van der Waals surface area contributed by atoms with Crippen LogP contribution in [0.5, 0.6) is 5.75 Å². The second-order valence-corrected chi connectivity index (χ2v) is 8.50. The van der Waals surface area contributed by atoms with Gasteiger partial charge in [0.2, 0.25) is 5.91 Å².